The summed E-state index contributed by atoms with van der Waals surface area (Å²) in [6.07, 6.45) is 17.3. The molecule has 2 saturated carbocycles. The molecule has 0 amide bonds. The average molecular weight is 329 g/mol. The van der Waals surface area contributed by atoms with Gasteiger partial charge in [0.2, 0.25) is 0 Å². The summed E-state index contributed by atoms with van der Waals surface area (Å²) in [7, 11) is 0. The van der Waals surface area contributed by atoms with Crippen molar-refractivity contribution < 1.29 is 5.11 Å². The highest BCUT2D eigenvalue weighted by molar-refractivity contribution is 5.25. The zero-order valence-corrected chi connectivity index (χ0v) is 15.6. The fourth-order valence-corrected chi connectivity index (χ4v) is 5.34. The minimum atomic E-state index is 0.382. The summed E-state index contributed by atoms with van der Waals surface area (Å²) in [6, 6.07) is 7.80. The molecule has 0 heterocycles. The fourth-order valence-electron chi connectivity index (χ4n) is 5.34. The maximum atomic E-state index is 9.37. The lowest BCUT2D eigenvalue weighted by Gasteiger charge is -2.38. The van der Waals surface area contributed by atoms with Gasteiger partial charge in [-0.2, -0.15) is 0 Å². The van der Waals surface area contributed by atoms with Crippen LogP contribution in [-0.2, 0) is 6.42 Å². The van der Waals surface area contributed by atoms with E-state index in [0.29, 0.717) is 5.75 Å². The minimum Gasteiger partial charge on any atom is -0.508 e. The maximum absolute atomic E-state index is 9.37. The van der Waals surface area contributed by atoms with Crippen LogP contribution in [0.3, 0.4) is 0 Å². The van der Waals surface area contributed by atoms with E-state index in [9.17, 15) is 5.11 Å². The molecule has 0 saturated heterocycles. The molecule has 0 bridgehead atoms. The molecule has 24 heavy (non-hydrogen) atoms. The lowest BCUT2D eigenvalue weighted by molar-refractivity contribution is 0.141. The highest BCUT2D eigenvalue weighted by atomic mass is 16.3. The van der Waals surface area contributed by atoms with Crippen LogP contribution in [0.15, 0.2) is 24.3 Å². The van der Waals surface area contributed by atoms with Crippen molar-refractivity contribution in [3.05, 3.63) is 29.8 Å². The van der Waals surface area contributed by atoms with Gasteiger partial charge in [0.15, 0.2) is 0 Å². The highest BCUT2D eigenvalue weighted by Gasteiger charge is 2.30. The van der Waals surface area contributed by atoms with Crippen molar-refractivity contribution in [2.75, 3.05) is 0 Å². The van der Waals surface area contributed by atoms with Crippen molar-refractivity contribution in [3.63, 3.8) is 0 Å². The van der Waals surface area contributed by atoms with E-state index >= 15 is 0 Å². The van der Waals surface area contributed by atoms with Gasteiger partial charge in [-0.25, -0.2) is 0 Å². The van der Waals surface area contributed by atoms with Crippen LogP contribution in [0.1, 0.15) is 83.1 Å². The quantitative estimate of drug-likeness (QED) is 0.613. The molecule has 1 nitrogen and oxygen atoms in total. The Morgan fingerprint density at radius 2 is 1.25 bits per heavy atom. The van der Waals surface area contributed by atoms with Gasteiger partial charge in [-0.3, -0.25) is 0 Å². The van der Waals surface area contributed by atoms with E-state index in [1.165, 1.54) is 82.6 Å². The smallest absolute Gasteiger partial charge is 0.115 e. The molecule has 0 aromatic heterocycles. The summed E-state index contributed by atoms with van der Waals surface area (Å²) in [5.41, 5.74) is 1.38. The molecule has 0 unspecified atom stereocenters. The molecule has 2 fully saturated rings. The van der Waals surface area contributed by atoms with Crippen LogP contribution in [0.5, 0.6) is 5.75 Å². The lowest BCUT2D eigenvalue weighted by atomic mass is 9.68. The molecular formula is C23H36O. The molecule has 3 rings (SSSR count). The minimum absolute atomic E-state index is 0.382. The van der Waals surface area contributed by atoms with Crippen molar-refractivity contribution in [1.82, 2.24) is 0 Å². The van der Waals surface area contributed by atoms with E-state index in [0.717, 1.165) is 23.7 Å². The normalized spacial score (nSPS) is 31.0. The average Bonchev–Trinajstić information content (AvgIpc) is 2.63. The topological polar surface area (TPSA) is 20.2 Å². The summed E-state index contributed by atoms with van der Waals surface area (Å²) in [5.74, 6) is 4.46. The third-order valence-corrected chi connectivity index (χ3v) is 6.92. The van der Waals surface area contributed by atoms with Crippen LogP contribution < -0.4 is 0 Å². The Morgan fingerprint density at radius 3 is 1.75 bits per heavy atom. The third-order valence-electron chi connectivity index (χ3n) is 6.92. The van der Waals surface area contributed by atoms with Gasteiger partial charge in [0.05, 0.1) is 0 Å². The van der Waals surface area contributed by atoms with Gasteiger partial charge in [-0.15, -0.1) is 0 Å². The van der Waals surface area contributed by atoms with E-state index in [2.05, 4.69) is 19.1 Å². The molecule has 1 heteroatoms. The van der Waals surface area contributed by atoms with E-state index in [1.54, 1.807) is 0 Å². The molecule has 2 aliphatic rings. The Kier molecular flexibility index (Phi) is 6.63. The monoisotopic (exact) mass is 328 g/mol. The van der Waals surface area contributed by atoms with E-state index in [4.69, 9.17) is 0 Å². The number of aromatic hydroxyl groups is 1. The van der Waals surface area contributed by atoms with Crippen LogP contribution in [0, 0.1) is 23.7 Å². The lowest BCUT2D eigenvalue weighted by Crippen LogP contribution is -2.26. The van der Waals surface area contributed by atoms with Crippen molar-refractivity contribution in [1.29, 1.82) is 0 Å². The second-order valence-electron chi connectivity index (χ2n) is 8.56. The van der Waals surface area contributed by atoms with Gasteiger partial charge in [-0.05, 0) is 79.9 Å². The number of aryl methyl sites for hydroxylation is 1. The summed E-state index contributed by atoms with van der Waals surface area (Å²) in [4.78, 5) is 0. The Labute approximate surface area is 148 Å². The van der Waals surface area contributed by atoms with E-state index < -0.39 is 0 Å². The SMILES string of the molecule is CCCC1CCC(C2CCC(CCc3ccc(O)cc3)CC2)CC1. The van der Waals surface area contributed by atoms with Gasteiger partial charge in [-0.1, -0.05) is 57.6 Å². The predicted molar refractivity (Wildman–Crippen MR) is 102 cm³/mol. The van der Waals surface area contributed by atoms with Crippen molar-refractivity contribution in [2.45, 2.75) is 84.0 Å². The summed E-state index contributed by atoms with van der Waals surface area (Å²) >= 11 is 0. The first-order valence-corrected chi connectivity index (χ1v) is 10.5. The molecule has 0 spiro atoms. The fraction of sp³-hybridized carbons (Fsp3) is 0.739. The second kappa shape index (κ2) is 8.92. The Bertz CT molecular complexity index is 461. The number of rotatable bonds is 6. The zero-order chi connectivity index (χ0) is 16.8. The molecule has 2 aliphatic carbocycles. The maximum Gasteiger partial charge on any atom is 0.115 e. The molecule has 1 aromatic carbocycles. The highest BCUT2D eigenvalue weighted by Crippen LogP contribution is 2.42. The number of phenolic OH excluding ortho intramolecular Hbond substituents is 1. The van der Waals surface area contributed by atoms with Crippen LogP contribution >= 0.6 is 0 Å². The van der Waals surface area contributed by atoms with Crippen LogP contribution in [0.4, 0.5) is 0 Å². The Balaban J connectivity index is 1.36. The predicted octanol–water partition coefficient (Wildman–Crippen LogP) is 6.74. The number of benzene rings is 1. The first-order chi connectivity index (χ1) is 11.7. The van der Waals surface area contributed by atoms with Crippen LogP contribution in [-0.4, -0.2) is 5.11 Å². The Hall–Kier alpha value is -0.980. The number of hydrogen-bond acceptors (Lipinski definition) is 1. The van der Waals surface area contributed by atoms with Gasteiger partial charge >= 0.3 is 0 Å². The number of hydrogen-bond donors (Lipinski definition) is 1. The van der Waals surface area contributed by atoms with Crippen molar-refractivity contribution in [2.24, 2.45) is 23.7 Å². The van der Waals surface area contributed by atoms with Crippen molar-refractivity contribution in [3.8, 4) is 5.75 Å². The number of phenols is 1. The molecule has 0 radical (unpaired) electrons. The molecular weight excluding hydrogens is 292 g/mol. The van der Waals surface area contributed by atoms with E-state index in [1.807, 2.05) is 12.1 Å². The summed E-state index contributed by atoms with van der Waals surface area (Å²) in [5, 5.41) is 9.37. The van der Waals surface area contributed by atoms with Crippen molar-refractivity contribution >= 4 is 0 Å². The molecule has 134 valence electrons. The van der Waals surface area contributed by atoms with Gasteiger partial charge in [0.1, 0.15) is 5.75 Å². The molecule has 0 atom stereocenters. The van der Waals surface area contributed by atoms with Gasteiger partial charge < -0.3 is 5.11 Å². The first kappa shape index (κ1) is 17.8. The van der Waals surface area contributed by atoms with Crippen LogP contribution in [0.25, 0.3) is 0 Å². The van der Waals surface area contributed by atoms with E-state index in [-0.39, 0.29) is 0 Å². The first-order valence-electron chi connectivity index (χ1n) is 10.5. The molecule has 1 aromatic rings. The van der Waals surface area contributed by atoms with Crippen LogP contribution in [0.2, 0.25) is 0 Å². The largest absolute Gasteiger partial charge is 0.508 e. The van der Waals surface area contributed by atoms with Gasteiger partial charge in [0.25, 0.3) is 0 Å². The van der Waals surface area contributed by atoms with Gasteiger partial charge in [0, 0.05) is 0 Å². The standard InChI is InChI=1S/C23H36O/c1-2-3-18-6-12-21(13-7-18)22-14-8-19(9-15-22)4-5-20-10-16-23(24)17-11-20/h10-11,16-19,21-22,24H,2-9,12-15H2,1H3. The third kappa shape index (κ3) is 5.01. The summed E-state index contributed by atoms with van der Waals surface area (Å²) in [6.45, 7) is 2.34. The summed E-state index contributed by atoms with van der Waals surface area (Å²) < 4.78 is 0. The molecule has 0 aliphatic heterocycles. The molecule has 1 N–H and O–H groups in total. The second-order valence-corrected chi connectivity index (χ2v) is 8.56. The Morgan fingerprint density at radius 1 is 0.750 bits per heavy atom. The zero-order valence-electron chi connectivity index (χ0n) is 15.6.